The lowest BCUT2D eigenvalue weighted by Crippen LogP contribution is -2.79. The van der Waals surface area contributed by atoms with E-state index in [1.807, 2.05) is 11.8 Å². The molecule has 1 atom stereocenters. The van der Waals surface area contributed by atoms with Gasteiger partial charge in [0.05, 0.1) is 17.0 Å². The molecule has 2 aromatic carbocycles. The molecule has 2 aliphatic heterocycles. The fourth-order valence-corrected chi connectivity index (χ4v) is 8.66. The lowest BCUT2D eigenvalue weighted by molar-refractivity contribution is -0.151. The minimum atomic E-state index is -4.50. The molecule has 0 aromatic heterocycles. The standard InChI is InChI=1S/C29H32F4N4O3S/c1-26(25(38)36-13-3-2-4-14-36)19-34-24(35-26)27-16-28(17-27,18-27)37(41(39,40)23-11-9-22(30)10-12-23)15-20-5-7-21(8-6-20)29(31,32)33/h5-12H,2-4,13-19H2,1H3,(H,34,35)/t26-,27?,28?/m1/s1. The van der Waals surface area contributed by atoms with E-state index in [0.717, 1.165) is 62.5 Å². The summed E-state index contributed by atoms with van der Waals surface area (Å²) in [5.41, 5.74) is -2.37. The number of amides is 1. The number of alkyl halides is 3. The molecule has 0 spiro atoms. The molecule has 7 nitrogen and oxygen atoms in total. The first-order chi connectivity index (χ1) is 19.3. The highest BCUT2D eigenvalue weighted by Gasteiger charge is 2.75. The highest BCUT2D eigenvalue weighted by atomic mass is 32.2. The second kappa shape index (κ2) is 9.52. The first-order valence-electron chi connectivity index (χ1n) is 13.8. The average Bonchev–Trinajstić information content (AvgIpc) is 3.29. The molecule has 5 aliphatic rings. The smallest absolute Gasteiger partial charge is 0.358 e. The van der Waals surface area contributed by atoms with Crippen LogP contribution in [0.5, 0.6) is 0 Å². The molecule has 41 heavy (non-hydrogen) atoms. The zero-order valence-electron chi connectivity index (χ0n) is 22.7. The topological polar surface area (TPSA) is 82.1 Å². The summed E-state index contributed by atoms with van der Waals surface area (Å²) in [6.45, 7) is 3.52. The lowest BCUT2D eigenvalue weighted by Gasteiger charge is -2.73. The second-order valence-corrected chi connectivity index (χ2v) is 14.0. The molecule has 2 bridgehead atoms. The number of halogens is 4. The Bertz CT molecular complexity index is 1470. The number of aliphatic imine (C=N–C) groups is 1. The highest BCUT2D eigenvalue weighted by Crippen LogP contribution is 2.71. The maximum absolute atomic E-state index is 13.9. The van der Waals surface area contributed by atoms with E-state index < -0.39 is 38.7 Å². The Balaban J connectivity index is 1.22. The number of nitrogens with zero attached hydrogens (tertiary/aromatic N) is 3. The summed E-state index contributed by atoms with van der Waals surface area (Å²) in [5, 5.41) is 3.39. The van der Waals surface area contributed by atoms with Gasteiger partial charge in [0, 0.05) is 30.6 Å². The predicted octanol–water partition coefficient (Wildman–Crippen LogP) is 4.73. The van der Waals surface area contributed by atoms with E-state index in [0.29, 0.717) is 31.4 Å². The van der Waals surface area contributed by atoms with Gasteiger partial charge in [0.1, 0.15) is 17.2 Å². The molecule has 220 valence electrons. The summed E-state index contributed by atoms with van der Waals surface area (Å²) in [6, 6.07) is 9.01. The Kier molecular flexibility index (Phi) is 6.53. The van der Waals surface area contributed by atoms with Gasteiger partial charge < -0.3 is 10.2 Å². The molecule has 2 heterocycles. The maximum Gasteiger partial charge on any atom is 0.416 e. The van der Waals surface area contributed by atoms with Crippen LogP contribution in [0, 0.1) is 11.2 Å². The Morgan fingerprint density at radius 1 is 1.00 bits per heavy atom. The van der Waals surface area contributed by atoms with Crippen LogP contribution in [0.25, 0.3) is 0 Å². The van der Waals surface area contributed by atoms with Gasteiger partial charge in [-0.05, 0) is 87.4 Å². The fraction of sp³-hybridized carbons (Fsp3) is 0.517. The number of piperidine rings is 1. The monoisotopic (exact) mass is 592 g/mol. The Morgan fingerprint density at radius 3 is 2.20 bits per heavy atom. The molecular weight excluding hydrogens is 560 g/mol. The molecule has 2 aromatic rings. The molecule has 12 heteroatoms. The minimum Gasteiger partial charge on any atom is -0.358 e. The van der Waals surface area contributed by atoms with Gasteiger partial charge in [-0.25, -0.2) is 12.8 Å². The summed E-state index contributed by atoms with van der Waals surface area (Å²) in [5.74, 6) is 0.177. The number of amidine groups is 1. The van der Waals surface area contributed by atoms with E-state index >= 15 is 0 Å². The van der Waals surface area contributed by atoms with Gasteiger partial charge >= 0.3 is 6.18 Å². The molecule has 3 aliphatic carbocycles. The second-order valence-electron chi connectivity index (χ2n) is 12.2. The zero-order chi connectivity index (χ0) is 29.3. The third-order valence-corrected chi connectivity index (χ3v) is 11.1. The minimum absolute atomic E-state index is 0.0279. The van der Waals surface area contributed by atoms with Crippen LogP contribution in [0.1, 0.15) is 56.6 Å². The molecule has 1 amide bonds. The van der Waals surface area contributed by atoms with Crippen molar-refractivity contribution in [3.05, 3.63) is 65.5 Å². The number of carbonyl (C=O) groups is 1. The molecular formula is C29H32F4N4O3S. The Hall–Kier alpha value is -2.99. The summed E-state index contributed by atoms with van der Waals surface area (Å²) < 4.78 is 82.0. The third-order valence-electron chi connectivity index (χ3n) is 9.11. The van der Waals surface area contributed by atoms with Gasteiger partial charge in [0.2, 0.25) is 15.9 Å². The number of hydrogen-bond donors (Lipinski definition) is 1. The Morgan fingerprint density at radius 2 is 1.61 bits per heavy atom. The van der Waals surface area contributed by atoms with E-state index in [1.54, 1.807) is 0 Å². The molecule has 0 unspecified atom stereocenters. The van der Waals surface area contributed by atoms with Crippen molar-refractivity contribution in [2.75, 3.05) is 19.6 Å². The summed E-state index contributed by atoms with van der Waals surface area (Å²) in [7, 11) is -4.11. The van der Waals surface area contributed by atoms with Gasteiger partial charge in [-0.3, -0.25) is 9.79 Å². The summed E-state index contributed by atoms with van der Waals surface area (Å²) in [4.78, 5) is 19.8. The molecule has 1 saturated heterocycles. The van der Waals surface area contributed by atoms with Gasteiger partial charge in [0.25, 0.3) is 0 Å². The lowest BCUT2D eigenvalue weighted by atomic mass is 9.38. The van der Waals surface area contributed by atoms with Crippen molar-refractivity contribution >= 4 is 21.8 Å². The van der Waals surface area contributed by atoms with Crippen molar-refractivity contribution < 1.29 is 30.8 Å². The number of benzene rings is 2. The highest BCUT2D eigenvalue weighted by molar-refractivity contribution is 7.89. The van der Waals surface area contributed by atoms with Crippen molar-refractivity contribution in [3.63, 3.8) is 0 Å². The number of sulfonamides is 1. The third kappa shape index (κ3) is 4.72. The van der Waals surface area contributed by atoms with Crippen LogP contribution >= 0.6 is 0 Å². The Labute approximate surface area is 236 Å². The van der Waals surface area contributed by atoms with Gasteiger partial charge in [-0.15, -0.1) is 0 Å². The van der Waals surface area contributed by atoms with Crippen LogP contribution in [0.2, 0.25) is 0 Å². The quantitative estimate of drug-likeness (QED) is 0.472. The van der Waals surface area contributed by atoms with Crippen LogP contribution in [0.3, 0.4) is 0 Å². The molecule has 7 rings (SSSR count). The number of carbonyl (C=O) groups excluding carboxylic acids is 1. The summed E-state index contributed by atoms with van der Waals surface area (Å²) >= 11 is 0. The molecule has 0 radical (unpaired) electrons. The van der Waals surface area contributed by atoms with Crippen molar-refractivity contribution in [2.45, 2.75) is 74.1 Å². The van der Waals surface area contributed by atoms with Crippen molar-refractivity contribution in [2.24, 2.45) is 10.4 Å². The number of hydrogen-bond acceptors (Lipinski definition) is 5. The van der Waals surface area contributed by atoms with E-state index in [2.05, 4.69) is 5.32 Å². The molecule has 1 N–H and O–H groups in total. The van der Waals surface area contributed by atoms with E-state index in [9.17, 15) is 30.8 Å². The average molecular weight is 593 g/mol. The van der Waals surface area contributed by atoms with Crippen LogP contribution in [-0.4, -0.2) is 60.1 Å². The van der Waals surface area contributed by atoms with E-state index in [-0.39, 0.29) is 22.8 Å². The van der Waals surface area contributed by atoms with Gasteiger partial charge in [0.15, 0.2) is 0 Å². The summed E-state index contributed by atoms with van der Waals surface area (Å²) in [6.07, 6.45) is 0.00338. The molecule has 3 saturated carbocycles. The maximum atomic E-state index is 13.9. The first kappa shape index (κ1) is 28.1. The SMILES string of the molecule is C[C@]1(C(=O)N2CCCCC2)CN=C(C23CC(N(Cc4ccc(C(F)(F)F)cc4)S(=O)(=O)c4ccc(F)cc4)(C2)C3)N1. The largest absolute Gasteiger partial charge is 0.416 e. The van der Waals surface area contributed by atoms with E-state index in [4.69, 9.17) is 4.99 Å². The van der Waals surface area contributed by atoms with Crippen molar-refractivity contribution in [1.82, 2.24) is 14.5 Å². The normalized spacial score (nSPS) is 29.4. The van der Waals surface area contributed by atoms with Crippen LogP contribution in [0.4, 0.5) is 17.6 Å². The zero-order valence-corrected chi connectivity index (χ0v) is 23.5. The fourth-order valence-electron chi connectivity index (χ4n) is 6.90. The first-order valence-corrected chi connectivity index (χ1v) is 15.3. The van der Waals surface area contributed by atoms with Crippen LogP contribution in [0.15, 0.2) is 58.4 Å². The van der Waals surface area contributed by atoms with Crippen LogP contribution in [-0.2, 0) is 27.5 Å². The number of likely N-dealkylation sites (tertiary alicyclic amines) is 1. The van der Waals surface area contributed by atoms with Gasteiger partial charge in [-0.2, -0.15) is 17.5 Å². The van der Waals surface area contributed by atoms with Crippen molar-refractivity contribution in [1.29, 1.82) is 0 Å². The molecule has 4 fully saturated rings. The van der Waals surface area contributed by atoms with E-state index in [1.165, 1.54) is 28.6 Å². The van der Waals surface area contributed by atoms with Crippen LogP contribution < -0.4 is 5.32 Å². The predicted molar refractivity (Wildman–Crippen MR) is 144 cm³/mol. The van der Waals surface area contributed by atoms with Gasteiger partial charge in [-0.1, -0.05) is 12.1 Å². The van der Waals surface area contributed by atoms with Crippen molar-refractivity contribution in [3.8, 4) is 0 Å². The number of rotatable bonds is 7. The number of nitrogens with one attached hydrogen (secondary N) is 1.